The van der Waals surface area contributed by atoms with E-state index in [1.807, 2.05) is 24.3 Å². The SMILES string of the molecule is C=C(NNC(=O)CNC(=O)c1ccc(Cl)cc1)c1ccc(C(C)C)cc1. The second-order valence-electron chi connectivity index (χ2n) is 6.12. The van der Waals surface area contributed by atoms with Gasteiger partial charge in [0.1, 0.15) is 0 Å². The van der Waals surface area contributed by atoms with Gasteiger partial charge in [0.25, 0.3) is 11.8 Å². The molecule has 0 aliphatic heterocycles. The maximum absolute atomic E-state index is 11.9. The molecule has 0 spiro atoms. The molecule has 26 heavy (non-hydrogen) atoms. The van der Waals surface area contributed by atoms with E-state index in [2.05, 4.69) is 36.6 Å². The van der Waals surface area contributed by atoms with Gasteiger partial charge in [-0.25, -0.2) is 0 Å². The van der Waals surface area contributed by atoms with Crippen molar-refractivity contribution in [3.63, 3.8) is 0 Å². The minimum absolute atomic E-state index is 0.159. The van der Waals surface area contributed by atoms with Crippen molar-refractivity contribution in [1.82, 2.24) is 16.2 Å². The Morgan fingerprint density at radius 1 is 0.962 bits per heavy atom. The zero-order chi connectivity index (χ0) is 19.1. The number of benzene rings is 2. The Hall–Kier alpha value is -2.79. The summed E-state index contributed by atoms with van der Waals surface area (Å²) in [4.78, 5) is 23.8. The Morgan fingerprint density at radius 3 is 2.12 bits per heavy atom. The maximum Gasteiger partial charge on any atom is 0.257 e. The Labute approximate surface area is 158 Å². The van der Waals surface area contributed by atoms with Gasteiger partial charge < -0.3 is 5.32 Å². The van der Waals surface area contributed by atoms with Gasteiger partial charge in [0, 0.05) is 10.6 Å². The highest BCUT2D eigenvalue weighted by Gasteiger charge is 2.08. The van der Waals surface area contributed by atoms with Gasteiger partial charge in [-0.2, -0.15) is 0 Å². The van der Waals surface area contributed by atoms with Crippen LogP contribution in [-0.4, -0.2) is 18.4 Å². The highest BCUT2D eigenvalue weighted by molar-refractivity contribution is 6.30. The molecule has 2 aromatic carbocycles. The monoisotopic (exact) mass is 371 g/mol. The molecule has 0 bridgehead atoms. The normalized spacial score (nSPS) is 10.3. The van der Waals surface area contributed by atoms with Gasteiger partial charge >= 0.3 is 0 Å². The summed E-state index contributed by atoms with van der Waals surface area (Å²) in [5, 5.41) is 3.08. The van der Waals surface area contributed by atoms with Crippen LogP contribution in [0.2, 0.25) is 5.02 Å². The first-order valence-electron chi connectivity index (χ1n) is 8.24. The highest BCUT2D eigenvalue weighted by Crippen LogP contribution is 2.17. The molecular weight excluding hydrogens is 350 g/mol. The van der Waals surface area contributed by atoms with Crippen LogP contribution in [0.25, 0.3) is 5.70 Å². The number of carbonyl (C=O) groups is 2. The number of carbonyl (C=O) groups excluding carboxylic acids is 2. The lowest BCUT2D eigenvalue weighted by atomic mass is 10.0. The van der Waals surface area contributed by atoms with Crippen molar-refractivity contribution in [2.45, 2.75) is 19.8 Å². The number of nitrogens with one attached hydrogen (secondary N) is 3. The second-order valence-corrected chi connectivity index (χ2v) is 6.55. The summed E-state index contributed by atoms with van der Waals surface area (Å²) in [5.74, 6) is -0.276. The van der Waals surface area contributed by atoms with Crippen LogP contribution in [0.5, 0.6) is 0 Å². The lowest BCUT2D eigenvalue weighted by Gasteiger charge is -2.13. The first kappa shape index (κ1) is 19.5. The third-order valence-corrected chi connectivity index (χ3v) is 4.05. The summed E-state index contributed by atoms with van der Waals surface area (Å²) in [7, 11) is 0. The van der Waals surface area contributed by atoms with Gasteiger partial charge in [-0.05, 0) is 41.3 Å². The number of rotatable bonds is 7. The Morgan fingerprint density at radius 2 is 1.54 bits per heavy atom. The molecule has 6 heteroatoms. The van der Waals surface area contributed by atoms with Gasteiger partial charge in [0.2, 0.25) is 0 Å². The fourth-order valence-electron chi connectivity index (χ4n) is 2.19. The van der Waals surface area contributed by atoms with Gasteiger partial charge in [-0.1, -0.05) is 56.3 Å². The number of hydrogen-bond acceptors (Lipinski definition) is 3. The van der Waals surface area contributed by atoms with E-state index < -0.39 is 0 Å². The number of amides is 2. The third-order valence-electron chi connectivity index (χ3n) is 3.79. The molecular formula is C20H22ClN3O2. The van der Waals surface area contributed by atoms with Crippen molar-refractivity contribution in [2.75, 3.05) is 6.54 Å². The Bertz CT molecular complexity index is 784. The van der Waals surface area contributed by atoms with E-state index in [0.29, 0.717) is 22.2 Å². The molecule has 2 rings (SSSR count). The fraction of sp³-hybridized carbons (Fsp3) is 0.200. The summed E-state index contributed by atoms with van der Waals surface area (Å²) >= 11 is 5.78. The van der Waals surface area contributed by atoms with Crippen molar-refractivity contribution < 1.29 is 9.59 Å². The molecule has 136 valence electrons. The van der Waals surface area contributed by atoms with Crippen LogP contribution in [0.1, 0.15) is 41.3 Å². The lowest BCUT2D eigenvalue weighted by molar-refractivity contribution is -0.120. The topological polar surface area (TPSA) is 70.2 Å². The van der Waals surface area contributed by atoms with Gasteiger partial charge in [-0.15, -0.1) is 0 Å². The standard InChI is InChI=1S/C20H22ClN3O2/c1-13(2)15-4-6-16(7-5-15)14(3)23-24-19(25)12-22-20(26)17-8-10-18(21)11-9-17/h4-11,13,23H,3,12H2,1-2H3,(H,22,26)(H,24,25). The summed E-state index contributed by atoms with van der Waals surface area (Å²) in [5.41, 5.74) is 8.37. The average Bonchev–Trinajstić information content (AvgIpc) is 2.64. The van der Waals surface area contributed by atoms with Crippen LogP contribution < -0.4 is 16.2 Å². The van der Waals surface area contributed by atoms with Crippen LogP contribution >= 0.6 is 11.6 Å². The molecule has 0 unspecified atom stereocenters. The molecule has 0 aliphatic rings. The van der Waals surface area contributed by atoms with Gasteiger partial charge in [0.15, 0.2) is 0 Å². The van der Waals surface area contributed by atoms with E-state index >= 15 is 0 Å². The number of hydrazine groups is 1. The minimum atomic E-state index is -0.382. The van der Waals surface area contributed by atoms with Crippen LogP contribution in [0.3, 0.4) is 0 Å². The molecule has 2 aromatic rings. The summed E-state index contributed by atoms with van der Waals surface area (Å²) in [6, 6.07) is 14.4. The third kappa shape index (κ3) is 5.63. The summed E-state index contributed by atoms with van der Waals surface area (Å²) in [6.45, 7) is 7.99. The van der Waals surface area contributed by atoms with Crippen molar-refractivity contribution in [2.24, 2.45) is 0 Å². The Balaban J connectivity index is 1.78. The zero-order valence-corrected chi connectivity index (χ0v) is 15.6. The molecule has 2 amide bonds. The van der Waals surface area contributed by atoms with Crippen molar-refractivity contribution >= 4 is 29.1 Å². The zero-order valence-electron chi connectivity index (χ0n) is 14.8. The maximum atomic E-state index is 11.9. The van der Waals surface area contributed by atoms with E-state index in [-0.39, 0.29) is 18.4 Å². The first-order valence-corrected chi connectivity index (χ1v) is 8.62. The summed E-state index contributed by atoms with van der Waals surface area (Å²) < 4.78 is 0. The number of hydrogen-bond donors (Lipinski definition) is 3. The quantitative estimate of drug-likeness (QED) is 0.652. The fourth-order valence-corrected chi connectivity index (χ4v) is 2.32. The highest BCUT2D eigenvalue weighted by atomic mass is 35.5. The van der Waals surface area contributed by atoms with E-state index in [4.69, 9.17) is 11.6 Å². The Kier molecular flexibility index (Phi) is 6.81. The van der Waals surface area contributed by atoms with Crippen LogP contribution in [0.15, 0.2) is 55.1 Å². The molecule has 5 nitrogen and oxygen atoms in total. The molecule has 0 atom stereocenters. The first-order chi connectivity index (χ1) is 12.4. The number of halogens is 1. The van der Waals surface area contributed by atoms with Gasteiger partial charge in [-0.3, -0.25) is 20.4 Å². The molecule has 3 N–H and O–H groups in total. The van der Waals surface area contributed by atoms with Crippen LogP contribution in [0, 0.1) is 0 Å². The van der Waals surface area contributed by atoms with E-state index in [9.17, 15) is 9.59 Å². The molecule has 0 heterocycles. The van der Waals surface area contributed by atoms with Crippen molar-refractivity contribution in [3.8, 4) is 0 Å². The van der Waals surface area contributed by atoms with Crippen LogP contribution in [-0.2, 0) is 4.79 Å². The van der Waals surface area contributed by atoms with E-state index in [0.717, 1.165) is 5.56 Å². The minimum Gasteiger partial charge on any atom is -0.343 e. The van der Waals surface area contributed by atoms with E-state index in [1.54, 1.807) is 24.3 Å². The van der Waals surface area contributed by atoms with Crippen LogP contribution in [0.4, 0.5) is 0 Å². The molecule has 0 aliphatic carbocycles. The molecule has 0 aromatic heterocycles. The molecule has 0 saturated heterocycles. The average molecular weight is 372 g/mol. The van der Waals surface area contributed by atoms with Gasteiger partial charge in [0.05, 0.1) is 12.2 Å². The molecule has 0 fully saturated rings. The largest absolute Gasteiger partial charge is 0.343 e. The smallest absolute Gasteiger partial charge is 0.257 e. The second kappa shape index (κ2) is 9.06. The molecule has 0 radical (unpaired) electrons. The molecule has 0 saturated carbocycles. The lowest BCUT2D eigenvalue weighted by Crippen LogP contribution is -2.42. The van der Waals surface area contributed by atoms with E-state index in [1.165, 1.54) is 5.56 Å². The predicted molar refractivity (Wildman–Crippen MR) is 105 cm³/mol. The van der Waals surface area contributed by atoms with Crippen molar-refractivity contribution in [3.05, 3.63) is 76.8 Å². The van der Waals surface area contributed by atoms with Crippen molar-refractivity contribution in [1.29, 1.82) is 0 Å². The predicted octanol–water partition coefficient (Wildman–Crippen LogP) is 3.48. The summed E-state index contributed by atoms with van der Waals surface area (Å²) in [6.07, 6.45) is 0.